The molecule has 3 saturated carbocycles. The van der Waals surface area contributed by atoms with Gasteiger partial charge in [-0.3, -0.25) is 9.59 Å². The Kier molecular flexibility index (Phi) is 3.51. The van der Waals surface area contributed by atoms with E-state index < -0.39 is 11.4 Å². The van der Waals surface area contributed by atoms with Crippen molar-refractivity contribution in [1.29, 1.82) is 0 Å². The van der Waals surface area contributed by atoms with Crippen LogP contribution in [0.5, 0.6) is 0 Å². The van der Waals surface area contributed by atoms with Crippen molar-refractivity contribution in [3.63, 3.8) is 0 Å². The van der Waals surface area contributed by atoms with E-state index in [-0.39, 0.29) is 11.8 Å². The van der Waals surface area contributed by atoms with Crippen LogP contribution in [0.25, 0.3) is 0 Å². The molecule has 3 aliphatic carbocycles. The van der Waals surface area contributed by atoms with E-state index in [9.17, 15) is 14.7 Å². The standard InChI is InChI=1S/C16H25NO3/c1-10-2-4-16(5-3-10,15(19)20)9-17-14(18)13-7-11-6-12(11)8-13/h10-13H,2-9H2,1H3,(H,17,18)(H,19,20). The summed E-state index contributed by atoms with van der Waals surface area (Å²) in [4.78, 5) is 23.8. The molecule has 3 fully saturated rings. The number of carboxylic acid groups (broad SMARTS) is 1. The Bertz CT molecular complexity index is 402. The lowest BCUT2D eigenvalue weighted by atomic mass is 9.70. The Morgan fingerprint density at radius 3 is 2.30 bits per heavy atom. The van der Waals surface area contributed by atoms with Crippen LogP contribution in [-0.4, -0.2) is 23.5 Å². The monoisotopic (exact) mass is 279 g/mol. The number of carbonyl (C=O) groups excluding carboxylic acids is 1. The number of nitrogens with one attached hydrogen (secondary N) is 1. The van der Waals surface area contributed by atoms with Gasteiger partial charge in [-0.15, -0.1) is 0 Å². The third-order valence-electron chi connectivity index (χ3n) is 5.90. The zero-order valence-electron chi connectivity index (χ0n) is 12.2. The summed E-state index contributed by atoms with van der Waals surface area (Å²) in [5.74, 6) is 1.69. The van der Waals surface area contributed by atoms with Crippen LogP contribution in [0.3, 0.4) is 0 Å². The number of hydrogen-bond acceptors (Lipinski definition) is 2. The van der Waals surface area contributed by atoms with Crippen molar-refractivity contribution in [2.24, 2.45) is 29.1 Å². The van der Waals surface area contributed by atoms with Gasteiger partial charge in [0.05, 0.1) is 5.41 Å². The maximum absolute atomic E-state index is 12.2. The van der Waals surface area contributed by atoms with Gasteiger partial charge in [-0.05, 0) is 62.7 Å². The average Bonchev–Trinajstić information content (AvgIpc) is 3.04. The highest BCUT2D eigenvalue weighted by Crippen LogP contribution is 2.54. The molecule has 4 heteroatoms. The third-order valence-corrected chi connectivity index (χ3v) is 5.90. The summed E-state index contributed by atoms with van der Waals surface area (Å²) < 4.78 is 0. The van der Waals surface area contributed by atoms with Crippen LogP contribution >= 0.6 is 0 Å². The largest absolute Gasteiger partial charge is 0.481 e. The summed E-state index contributed by atoms with van der Waals surface area (Å²) in [6, 6.07) is 0. The van der Waals surface area contributed by atoms with Crippen LogP contribution in [-0.2, 0) is 9.59 Å². The van der Waals surface area contributed by atoms with E-state index in [0.29, 0.717) is 25.3 Å². The Hall–Kier alpha value is -1.06. The molecule has 0 spiro atoms. The van der Waals surface area contributed by atoms with Gasteiger partial charge in [-0.25, -0.2) is 0 Å². The molecule has 0 aromatic heterocycles. The average molecular weight is 279 g/mol. The molecule has 20 heavy (non-hydrogen) atoms. The van der Waals surface area contributed by atoms with Crippen molar-refractivity contribution >= 4 is 11.9 Å². The fourth-order valence-corrected chi connectivity index (χ4v) is 4.11. The molecule has 2 N–H and O–H groups in total. The van der Waals surface area contributed by atoms with E-state index in [1.54, 1.807) is 0 Å². The molecule has 0 saturated heterocycles. The second-order valence-corrected chi connectivity index (χ2v) is 7.41. The minimum absolute atomic E-state index is 0.0939. The van der Waals surface area contributed by atoms with Crippen molar-refractivity contribution in [1.82, 2.24) is 5.32 Å². The number of rotatable bonds is 4. The van der Waals surface area contributed by atoms with Gasteiger partial charge < -0.3 is 10.4 Å². The second kappa shape index (κ2) is 5.05. The molecule has 0 heterocycles. The summed E-state index contributed by atoms with van der Waals surface area (Å²) >= 11 is 0. The number of carbonyl (C=O) groups is 2. The van der Waals surface area contributed by atoms with Gasteiger partial charge in [0, 0.05) is 12.5 Å². The molecule has 0 radical (unpaired) electrons. The molecule has 0 aromatic rings. The van der Waals surface area contributed by atoms with Gasteiger partial charge in [0.2, 0.25) is 5.91 Å². The van der Waals surface area contributed by atoms with Crippen molar-refractivity contribution < 1.29 is 14.7 Å². The fraction of sp³-hybridized carbons (Fsp3) is 0.875. The molecule has 3 aliphatic rings. The number of carboxylic acids is 1. The molecule has 4 nitrogen and oxygen atoms in total. The first-order chi connectivity index (χ1) is 9.50. The Balaban J connectivity index is 1.54. The summed E-state index contributed by atoms with van der Waals surface area (Å²) in [5.41, 5.74) is -0.719. The summed E-state index contributed by atoms with van der Waals surface area (Å²) in [7, 11) is 0. The summed E-state index contributed by atoms with van der Waals surface area (Å²) in [6.45, 7) is 2.49. The topological polar surface area (TPSA) is 66.4 Å². The number of aliphatic carboxylic acids is 1. The lowest BCUT2D eigenvalue weighted by molar-refractivity contribution is -0.151. The zero-order valence-corrected chi connectivity index (χ0v) is 12.2. The highest BCUT2D eigenvalue weighted by atomic mass is 16.4. The normalized spacial score (nSPS) is 42.9. The second-order valence-electron chi connectivity index (χ2n) is 7.41. The van der Waals surface area contributed by atoms with Crippen LogP contribution in [0, 0.1) is 29.1 Å². The molecule has 2 atom stereocenters. The smallest absolute Gasteiger partial charge is 0.311 e. The van der Waals surface area contributed by atoms with Crippen LogP contribution in [0.2, 0.25) is 0 Å². The minimum Gasteiger partial charge on any atom is -0.481 e. The number of amides is 1. The molecule has 0 aromatic carbocycles. The minimum atomic E-state index is -0.737. The predicted molar refractivity (Wildman–Crippen MR) is 75.0 cm³/mol. The van der Waals surface area contributed by atoms with Crippen molar-refractivity contribution in [3.05, 3.63) is 0 Å². The molecule has 3 rings (SSSR count). The zero-order chi connectivity index (χ0) is 14.3. The molecule has 0 bridgehead atoms. The van der Waals surface area contributed by atoms with Gasteiger partial charge >= 0.3 is 5.97 Å². The Labute approximate surface area is 120 Å². The molecule has 2 unspecified atom stereocenters. The van der Waals surface area contributed by atoms with Gasteiger partial charge in [0.25, 0.3) is 0 Å². The Morgan fingerprint density at radius 2 is 1.75 bits per heavy atom. The maximum Gasteiger partial charge on any atom is 0.311 e. The third kappa shape index (κ3) is 2.57. The van der Waals surface area contributed by atoms with E-state index in [0.717, 1.165) is 37.5 Å². The van der Waals surface area contributed by atoms with Crippen molar-refractivity contribution in [2.45, 2.75) is 51.9 Å². The number of hydrogen-bond donors (Lipinski definition) is 2. The maximum atomic E-state index is 12.2. The molecule has 112 valence electrons. The van der Waals surface area contributed by atoms with Crippen molar-refractivity contribution in [3.8, 4) is 0 Å². The van der Waals surface area contributed by atoms with Crippen molar-refractivity contribution in [2.75, 3.05) is 6.54 Å². The van der Waals surface area contributed by atoms with Crippen LogP contribution in [0.1, 0.15) is 51.9 Å². The fourth-order valence-electron chi connectivity index (χ4n) is 4.11. The SMILES string of the molecule is CC1CCC(CNC(=O)C2CC3CC3C2)(C(=O)O)CC1. The predicted octanol–water partition coefficient (Wildman–Crippen LogP) is 2.43. The van der Waals surface area contributed by atoms with Gasteiger partial charge in [-0.2, -0.15) is 0 Å². The highest BCUT2D eigenvalue weighted by molar-refractivity contribution is 5.81. The first-order valence-electron chi connectivity index (χ1n) is 8.01. The first kappa shape index (κ1) is 13.9. The van der Waals surface area contributed by atoms with E-state index in [2.05, 4.69) is 12.2 Å². The van der Waals surface area contributed by atoms with E-state index in [1.807, 2.05) is 0 Å². The van der Waals surface area contributed by atoms with Gasteiger partial charge in [0.15, 0.2) is 0 Å². The van der Waals surface area contributed by atoms with Crippen LogP contribution < -0.4 is 5.32 Å². The van der Waals surface area contributed by atoms with Gasteiger partial charge in [0.1, 0.15) is 0 Å². The molecular formula is C16H25NO3. The first-order valence-corrected chi connectivity index (χ1v) is 8.01. The van der Waals surface area contributed by atoms with Crippen LogP contribution in [0.15, 0.2) is 0 Å². The summed E-state index contributed by atoms with van der Waals surface area (Å²) in [5, 5.41) is 12.5. The molecule has 0 aliphatic heterocycles. The van der Waals surface area contributed by atoms with Crippen LogP contribution in [0.4, 0.5) is 0 Å². The Morgan fingerprint density at radius 1 is 1.15 bits per heavy atom. The van der Waals surface area contributed by atoms with Gasteiger partial charge in [-0.1, -0.05) is 6.92 Å². The molecule has 1 amide bonds. The van der Waals surface area contributed by atoms with E-state index in [4.69, 9.17) is 0 Å². The highest BCUT2D eigenvalue weighted by Gasteiger charge is 2.48. The van der Waals surface area contributed by atoms with E-state index >= 15 is 0 Å². The number of fused-ring (bicyclic) bond motifs is 1. The quantitative estimate of drug-likeness (QED) is 0.830. The summed E-state index contributed by atoms with van der Waals surface area (Å²) in [6.07, 6.45) is 6.65. The lowest BCUT2D eigenvalue weighted by Crippen LogP contribution is -2.46. The molecular weight excluding hydrogens is 254 g/mol. The van der Waals surface area contributed by atoms with E-state index in [1.165, 1.54) is 6.42 Å². The lowest BCUT2D eigenvalue weighted by Gasteiger charge is -2.36.